The number of nitrogens with zero attached hydrogens (tertiary/aromatic N) is 4. The van der Waals surface area contributed by atoms with Crippen LogP contribution in [0.15, 0.2) is 12.4 Å². The van der Waals surface area contributed by atoms with E-state index in [1.54, 1.807) is 0 Å². The van der Waals surface area contributed by atoms with Crippen molar-refractivity contribution in [1.29, 1.82) is 0 Å². The van der Waals surface area contributed by atoms with Crippen molar-refractivity contribution in [3.63, 3.8) is 0 Å². The molecule has 0 aromatic carbocycles. The second kappa shape index (κ2) is 7.36. The third kappa shape index (κ3) is 4.06. The normalized spacial score (nSPS) is 28.0. The molecule has 3 aliphatic heterocycles. The molecule has 3 saturated heterocycles. The molecule has 1 aromatic heterocycles. The van der Waals surface area contributed by atoms with Crippen LogP contribution >= 0.6 is 0 Å². The van der Waals surface area contributed by atoms with Crippen LogP contribution in [0.2, 0.25) is 0 Å². The number of hydrogen-bond acceptors (Lipinski definition) is 5. The lowest BCUT2D eigenvalue weighted by molar-refractivity contribution is 0.125. The first-order valence-electron chi connectivity index (χ1n) is 9.81. The van der Waals surface area contributed by atoms with Crippen molar-refractivity contribution in [1.82, 2.24) is 19.8 Å². The van der Waals surface area contributed by atoms with Crippen LogP contribution in [0.5, 0.6) is 0 Å². The zero-order valence-electron chi connectivity index (χ0n) is 15.0. The second-order valence-corrected chi connectivity index (χ2v) is 8.03. The van der Waals surface area contributed by atoms with Crippen LogP contribution in [0.1, 0.15) is 44.6 Å². The molecule has 5 heteroatoms. The summed E-state index contributed by atoms with van der Waals surface area (Å²) in [6.45, 7) is 9.24. The fourth-order valence-corrected chi connectivity index (χ4v) is 4.28. The van der Waals surface area contributed by atoms with Gasteiger partial charge in [-0.2, -0.15) is 0 Å². The molecule has 1 aliphatic carbocycles. The number of rotatable bonds is 7. The molecule has 0 amide bonds. The number of anilines is 1. The van der Waals surface area contributed by atoms with Gasteiger partial charge in [0.1, 0.15) is 0 Å². The van der Waals surface area contributed by atoms with E-state index in [9.17, 15) is 0 Å². The molecule has 132 valence electrons. The predicted octanol–water partition coefficient (Wildman–Crippen LogP) is 2.60. The van der Waals surface area contributed by atoms with Gasteiger partial charge >= 0.3 is 0 Å². The van der Waals surface area contributed by atoms with Gasteiger partial charge in [0.05, 0.1) is 0 Å². The summed E-state index contributed by atoms with van der Waals surface area (Å²) in [5.41, 5.74) is 1.24. The van der Waals surface area contributed by atoms with E-state index in [1.807, 2.05) is 12.4 Å². The van der Waals surface area contributed by atoms with E-state index in [-0.39, 0.29) is 0 Å². The smallest absolute Gasteiger partial charge is 0.222 e. The minimum absolute atomic E-state index is 0.757. The Kier molecular flexibility index (Phi) is 4.99. The molecular weight excluding hydrogens is 298 g/mol. The van der Waals surface area contributed by atoms with Crippen LogP contribution in [0.3, 0.4) is 0 Å². The molecule has 4 aliphatic rings. The minimum atomic E-state index is 0.757. The van der Waals surface area contributed by atoms with Gasteiger partial charge in [-0.25, -0.2) is 9.97 Å². The van der Waals surface area contributed by atoms with Gasteiger partial charge in [-0.05, 0) is 43.9 Å². The number of piperidine rings is 1. The molecular formula is C19H31N5. The van der Waals surface area contributed by atoms with Crippen LogP contribution in [-0.4, -0.2) is 58.5 Å². The largest absolute Gasteiger partial charge is 0.354 e. The molecule has 2 bridgehead atoms. The third-order valence-corrected chi connectivity index (χ3v) is 5.74. The van der Waals surface area contributed by atoms with Gasteiger partial charge in [0.15, 0.2) is 0 Å². The summed E-state index contributed by atoms with van der Waals surface area (Å²) >= 11 is 0. The Labute approximate surface area is 145 Å². The molecule has 0 radical (unpaired) electrons. The van der Waals surface area contributed by atoms with Crippen molar-refractivity contribution in [2.45, 2.75) is 51.6 Å². The van der Waals surface area contributed by atoms with Crippen LogP contribution in [0, 0.1) is 11.8 Å². The van der Waals surface area contributed by atoms with Gasteiger partial charge in [0.25, 0.3) is 0 Å². The molecule has 1 N–H and O–H groups in total. The second-order valence-electron chi connectivity index (χ2n) is 8.03. The molecule has 4 fully saturated rings. The van der Waals surface area contributed by atoms with Crippen molar-refractivity contribution >= 4 is 5.95 Å². The monoisotopic (exact) mass is 329 g/mol. The summed E-state index contributed by atoms with van der Waals surface area (Å²) in [4.78, 5) is 14.4. The summed E-state index contributed by atoms with van der Waals surface area (Å²) in [6.07, 6.45) is 10.8. The van der Waals surface area contributed by atoms with Gasteiger partial charge < -0.3 is 5.32 Å². The van der Waals surface area contributed by atoms with Crippen LogP contribution < -0.4 is 5.32 Å². The highest BCUT2D eigenvalue weighted by Crippen LogP contribution is 2.35. The Hall–Kier alpha value is -1.20. The standard InChI is InChI=1S/C19H31N5/c1-2-7-20-19-21-8-17(9-22-19)11-23-10-16-5-6-18(14-23)24(13-16)12-15-3-4-15/h8-9,15-16,18H,2-7,10-14H2,1H3,(H,20,21,22)/t16-,18+/m0/s1. The van der Waals surface area contributed by atoms with Crippen molar-refractivity contribution in [3.8, 4) is 0 Å². The maximum atomic E-state index is 4.46. The Morgan fingerprint density at radius 2 is 1.92 bits per heavy atom. The average Bonchev–Trinajstić information content (AvgIpc) is 3.42. The van der Waals surface area contributed by atoms with E-state index in [4.69, 9.17) is 0 Å². The molecule has 0 spiro atoms. The molecule has 2 atom stereocenters. The highest BCUT2D eigenvalue weighted by molar-refractivity contribution is 5.24. The Balaban J connectivity index is 1.34. The van der Waals surface area contributed by atoms with Gasteiger partial charge in [0, 0.05) is 63.3 Å². The predicted molar refractivity (Wildman–Crippen MR) is 96.9 cm³/mol. The van der Waals surface area contributed by atoms with Gasteiger partial charge in [-0.15, -0.1) is 0 Å². The highest BCUT2D eigenvalue weighted by Gasteiger charge is 2.37. The SMILES string of the molecule is CCCNc1ncc(CN2C[C@@H]3CC[C@H](C2)N(CC2CC2)C3)cn1. The van der Waals surface area contributed by atoms with Gasteiger partial charge in [0.2, 0.25) is 5.95 Å². The Morgan fingerprint density at radius 1 is 1.08 bits per heavy atom. The van der Waals surface area contributed by atoms with E-state index in [0.717, 1.165) is 43.3 Å². The van der Waals surface area contributed by atoms with Crippen molar-refractivity contribution in [2.75, 3.05) is 38.0 Å². The maximum Gasteiger partial charge on any atom is 0.222 e. The molecule has 4 heterocycles. The molecule has 24 heavy (non-hydrogen) atoms. The first-order chi connectivity index (χ1) is 11.8. The minimum Gasteiger partial charge on any atom is -0.354 e. The van der Waals surface area contributed by atoms with E-state index >= 15 is 0 Å². The lowest BCUT2D eigenvalue weighted by Gasteiger charge is -2.36. The molecule has 5 nitrogen and oxygen atoms in total. The fraction of sp³-hybridized carbons (Fsp3) is 0.789. The first kappa shape index (κ1) is 16.3. The Bertz CT molecular complexity index is 527. The van der Waals surface area contributed by atoms with Crippen molar-refractivity contribution < 1.29 is 0 Å². The number of fused-ring (bicyclic) bond motifs is 4. The maximum absolute atomic E-state index is 4.46. The third-order valence-electron chi connectivity index (χ3n) is 5.74. The number of hydrogen-bond donors (Lipinski definition) is 1. The summed E-state index contributed by atoms with van der Waals surface area (Å²) in [5.74, 6) is 2.62. The van der Waals surface area contributed by atoms with Crippen molar-refractivity contribution in [3.05, 3.63) is 18.0 Å². The van der Waals surface area contributed by atoms with Crippen LogP contribution in [-0.2, 0) is 6.54 Å². The topological polar surface area (TPSA) is 44.3 Å². The molecule has 5 rings (SSSR count). The molecule has 1 aromatic rings. The molecule has 1 saturated carbocycles. The van der Waals surface area contributed by atoms with E-state index in [0.29, 0.717) is 0 Å². The summed E-state index contributed by atoms with van der Waals surface area (Å²) < 4.78 is 0. The quantitative estimate of drug-likeness (QED) is 0.833. The number of aromatic nitrogens is 2. The lowest BCUT2D eigenvalue weighted by atomic mass is 9.95. The average molecular weight is 329 g/mol. The van der Waals surface area contributed by atoms with E-state index in [2.05, 4.69) is 32.0 Å². The fourth-order valence-electron chi connectivity index (χ4n) is 4.28. The zero-order valence-corrected chi connectivity index (χ0v) is 15.0. The number of nitrogens with one attached hydrogen (secondary N) is 1. The summed E-state index contributed by atoms with van der Waals surface area (Å²) in [7, 11) is 0. The summed E-state index contributed by atoms with van der Waals surface area (Å²) in [6, 6.07) is 0.774. The van der Waals surface area contributed by atoms with Gasteiger partial charge in [-0.1, -0.05) is 6.92 Å². The van der Waals surface area contributed by atoms with E-state index in [1.165, 1.54) is 57.4 Å². The highest BCUT2D eigenvalue weighted by atomic mass is 15.3. The van der Waals surface area contributed by atoms with Gasteiger partial charge in [-0.3, -0.25) is 9.80 Å². The first-order valence-corrected chi connectivity index (χ1v) is 9.81. The van der Waals surface area contributed by atoms with Crippen LogP contribution in [0.25, 0.3) is 0 Å². The zero-order chi connectivity index (χ0) is 16.4. The van der Waals surface area contributed by atoms with E-state index < -0.39 is 0 Å². The summed E-state index contributed by atoms with van der Waals surface area (Å²) in [5, 5.41) is 3.25. The molecule has 0 unspecified atom stereocenters. The van der Waals surface area contributed by atoms with Crippen molar-refractivity contribution in [2.24, 2.45) is 11.8 Å². The van der Waals surface area contributed by atoms with Crippen LogP contribution in [0.4, 0.5) is 5.95 Å². The Morgan fingerprint density at radius 3 is 2.67 bits per heavy atom. The lowest BCUT2D eigenvalue weighted by Crippen LogP contribution is -2.44.